The molecule has 6 aliphatic rings. The lowest BCUT2D eigenvalue weighted by atomic mass is 9.44. The third-order valence-corrected chi connectivity index (χ3v) is 12.9. The quantitative estimate of drug-likeness (QED) is 0.263. The van der Waals surface area contributed by atoms with Crippen molar-refractivity contribution in [2.45, 2.75) is 101 Å². The number of carbonyl (C=O) groups is 1. The Labute approximate surface area is 202 Å². The SMILES string of the molecule is C[C@@H]1CC[C@@]2(OC1)O[C@@H]1C[C@@H]3[C@@H]4CC[C@@H]5C[C@@H](I)CC[C@]5(C)[C@@H]4CC(=O)[C@]3(C)[C@H]1[C@@H]2C. The molecule has 1 spiro atoms. The van der Waals surface area contributed by atoms with Crippen molar-refractivity contribution >= 4 is 28.4 Å². The lowest BCUT2D eigenvalue weighted by Gasteiger charge is -2.60. The zero-order valence-corrected chi connectivity index (χ0v) is 22.0. The maximum absolute atomic E-state index is 14.0. The van der Waals surface area contributed by atoms with Gasteiger partial charge in [-0.15, -0.1) is 0 Å². The monoisotopic (exact) mass is 540 g/mol. The summed E-state index contributed by atoms with van der Waals surface area (Å²) in [7, 11) is 0. The molecule has 0 bridgehead atoms. The second-order valence-electron chi connectivity index (χ2n) is 12.9. The fraction of sp³-hybridized carbons (Fsp3) is 0.963. The smallest absolute Gasteiger partial charge is 0.171 e. The van der Waals surface area contributed by atoms with Crippen LogP contribution in [-0.2, 0) is 14.3 Å². The van der Waals surface area contributed by atoms with E-state index in [1.54, 1.807) is 0 Å². The highest BCUT2D eigenvalue weighted by Gasteiger charge is 2.71. The molecule has 2 heterocycles. The van der Waals surface area contributed by atoms with Gasteiger partial charge < -0.3 is 9.47 Å². The normalized spacial score (nSPS) is 60.9. The Morgan fingerprint density at radius 1 is 1.00 bits per heavy atom. The summed E-state index contributed by atoms with van der Waals surface area (Å²) in [4.78, 5) is 14.0. The molecule has 0 amide bonds. The van der Waals surface area contributed by atoms with E-state index in [-0.39, 0.29) is 11.5 Å². The Morgan fingerprint density at radius 3 is 2.55 bits per heavy atom. The summed E-state index contributed by atoms with van der Waals surface area (Å²) in [5.41, 5.74) is 0.181. The van der Waals surface area contributed by atoms with Crippen LogP contribution in [0.15, 0.2) is 0 Å². The minimum Gasteiger partial charge on any atom is -0.349 e. The number of fused-ring (bicyclic) bond motifs is 7. The van der Waals surface area contributed by atoms with Gasteiger partial charge in [0.1, 0.15) is 5.78 Å². The fourth-order valence-corrected chi connectivity index (χ4v) is 10.8. The van der Waals surface area contributed by atoms with Crippen molar-refractivity contribution in [3.63, 3.8) is 0 Å². The molecule has 174 valence electrons. The Balaban J connectivity index is 1.30. The van der Waals surface area contributed by atoms with E-state index in [1.807, 2.05) is 0 Å². The first-order valence-electron chi connectivity index (χ1n) is 13.2. The number of hydrogen-bond acceptors (Lipinski definition) is 3. The predicted octanol–water partition coefficient (Wildman–Crippen LogP) is 6.42. The van der Waals surface area contributed by atoms with Crippen LogP contribution in [0.4, 0.5) is 0 Å². The van der Waals surface area contributed by atoms with Gasteiger partial charge in [-0.25, -0.2) is 0 Å². The Bertz CT molecular complexity index is 760. The average molecular weight is 541 g/mol. The molecule has 0 aromatic heterocycles. The maximum atomic E-state index is 14.0. The van der Waals surface area contributed by atoms with Gasteiger partial charge in [0.25, 0.3) is 0 Å². The molecule has 0 N–H and O–H groups in total. The van der Waals surface area contributed by atoms with Crippen molar-refractivity contribution in [1.82, 2.24) is 0 Å². The zero-order chi connectivity index (χ0) is 21.8. The van der Waals surface area contributed by atoms with Crippen LogP contribution in [-0.4, -0.2) is 28.2 Å². The summed E-state index contributed by atoms with van der Waals surface area (Å²) in [5.74, 6) is 4.11. The molecule has 4 heteroatoms. The van der Waals surface area contributed by atoms with Crippen LogP contribution < -0.4 is 0 Å². The molecule has 2 saturated heterocycles. The van der Waals surface area contributed by atoms with Gasteiger partial charge in [-0.2, -0.15) is 0 Å². The summed E-state index contributed by atoms with van der Waals surface area (Å²) in [6, 6.07) is 0. The van der Waals surface area contributed by atoms with Gasteiger partial charge in [-0.1, -0.05) is 50.3 Å². The highest BCUT2D eigenvalue weighted by Crippen LogP contribution is 2.70. The van der Waals surface area contributed by atoms with Crippen molar-refractivity contribution in [2.75, 3.05) is 6.61 Å². The molecule has 6 fully saturated rings. The number of carbonyl (C=O) groups excluding carboxylic acids is 1. The molecule has 6 rings (SSSR count). The second kappa shape index (κ2) is 7.16. The number of alkyl halides is 1. The minimum absolute atomic E-state index is 0.204. The Morgan fingerprint density at radius 2 is 1.81 bits per heavy atom. The van der Waals surface area contributed by atoms with Gasteiger partial charge in [0.05, 0.1) is 12.7 Å². The van der Waals surface area contributed by atoms with Crippen LogP contribution in [0.1, 0.15) is 85.5 Å². The molecular weight excluding hydrogens is 499 g/mol. The van der Waals surface area contributed by atoms with Crippen LogP contribution in [0.2, 0.25) is 0 Å². The van der Waals surface area contributed by atoms with Crippen LogP contribution in [0.3, 0.4) is 0 Å². The van der Waals surface area contributed by atoms with E-state index in [0.29, 0.717) is 40.8 Å². The highest BCUT2D eigenvalue weighted by molar-refractivity contribution is 14.1. The molecular formula is C27H41IO3. The number of hydrogen-bond donors (Lipinski definition) is 0. The lowest BCUT2D eigenvalue weighted by Crippen LogP contribution is -2.58. The fourth-order valence-electron chi connectivity index (χ4n) is 9.90. The number of halogens is 1. The van der Waals surface area contributed by atoms with Gasteiger partial charge in [-0.05, 0) is 80.0 Å². The van der Waals surface area contributed by atoms with E-state index in [9.17, 15) is 4.79 Å². The molecule has 0 aromatic rings. The van der Waals surface area contributed by atoms with Gasteiger partial charge in [-0.3, -0.25) is 4.79 Å². The first-order chi connectivity index (χ1) is 14.7. The molecule has 12 atom stereocenters. The van der Waals surface area contributed by atoms with E-state index in [2.05, 4.69) is 50.3 Å². The van der Waals surface area contributed by atoms with Gasteiger partial charge in [0, 0.05) is 34.0 Å². The van der Waals surface area contributed by atoms with E-state index < -0.39 is 5.79 Å². The molecule has 3 nitrogen and oxygen atoms in total. The Hall–Kier alpha value is 0.320. The van der Waals surface area contributed by atoms with Crippen molar-refractivity contribution in [1.29, 1.82) is 0 Å². The van der Waals surface area contributed by atoms with E-state index in [0.717, 1.165) is 41.6 Å². The summed E-state index contributed by atoms with van der Waals surface area (Å²) in [6.07, 6.45) is 11.1. The number of ether oxygens (including phenoxy) is 2. The number of rotatable bonds is 0. The van der Waals surface area contributed by atoms with Crippen LogP contribution in [0.25, 0.3) is 0 Å². The third-order valence-electron chi connectivity index (χ3n) is 11.7. The van der Waals surface area contributed by atoms with E-state index >= 15 is 0 Å². The third kappa shape index (κ3) is 2.85. The molecule has 0 aromatic carbocycles. The standard InChI is InChI=1S/C27H41IO3/c1-15-7-10-27(30-14-15)16(2)24-22(31-27)12-21-19-6-5-17-11-18(28)8-9-25(17,3)20(19)13-23(29)26(21,24)4/h15-22,24H,5-14H2,1-4H3/t15-,16+,17-,18+,19-,20-,21-,22-,24+,25+,26-,27-/m1/s1. The summed E-state index contributed by atoms with van der Waals surface area (Å²) >= 11 is 2.68. The molecule has 2 aliphatic heterocycles. The van der Waals surface area contributed by atoms with Crippen LogP contribution in [0.5, 0.6) is 0 Å². The van der Waals surface area contributed by atoms with Crippen LogP contribution in [0, 0.1) is 52.3 Å². The number of Topliss-reactive ketones (excluding diaryl/α,β-unsaturated/α-hetero) is 1. The van der Waals surface area contributed by atoms with Gasteiger partial charge in [0.2, 0.25) is 0 Å². The van der Waals surface area contributed by atoms with Crippen molar-refractivity contribution < 1.29 is 14.3 Å². The van der Waals surface area contributed by atoms with Crippen molar-refractivity contribution in [2.24, 2.45) is 52.3 Å². The van der Waals surface area contributed by atoms with E-state index in [4.69, 9.17) is 9.47 Å². The summed E-state index contributed by atoms with van der Waals surface area (Å²) in [5, 5.41) is 0. The van der Waals surface area contributed by atoms with Crippen LogP contribution >= 0.6 is 22.6 Å². The number of ketones is 1. The maximum Gasteiger partial charge on any atom is 0.171 e. The van der Waals surface area contributed by atoms with Crippen molar-refractivity contribution in [3.05, 3.63) is 0 Å². The predicted molar refractivity (Wildman–Crippen MR) is 130 cm³/mol. The van der Waals surface area contributed by atoms with Gasteiger partial charge in [0.15, 0.2) is 5.79 Å². The topological polar surface area (TPSA) is 35.5 Å². The average Bonchev–Trinajstić information content (AvgIpc) is 3.18. The first-order valence-corrected chi connectivity index (χ1v) is 14.4. The van der Waals surface area contributed by atoms with Crippen molar-refractivity contribution in [3.8, 4) is 0 Å². The molecule has 0 radical (unpaired) electrons. The molecule has 4 saturated carbocycles. The molecule has 4 aliphatic carbocycles. The highest BCUT2D eigenvalue weighted by atomic mass is 127. The second-order valence-corrected chi connectivity index (χ2v) is 14.7. The first kappa shape index (κ1) is 21.8. The summed E-state index contributed by atoms with van der Waals surface area (Å²) < 4.78 is 14.1. The summed E-state index contributed by atoms with van der Waals surface area (Å²) in [6.45, 7) is 10.3. The molecule has 31 heavy (non-hydrogen) atoms. The zero-order valence-electron chi connectivity index (χ0n) is 19.9. The molecule has 0 unspecified atom stereocenters. The minimum atomic E-state index is -0.421. The largest absolute Gasteiger partial charge is 0.349 e. The van der Waals surface area contributed by atoms with E-state index in [1.165, 1.54) is 38.5 Å². The lowest BCUT2D eigenvalue weighted by molar-refractivity contribution is -0.272. The van der Waals surface area contributed by atoms with Gasteiger partial charge >= 0.3 is 0 Å². The Kier molecular flexibility index (Phi) is 5.04.